The lowest BCUT2D eigenvalue weighted by molar-refractivity contribution is -0.136. The van der Waals surface area contributed by atoms with Gasteiger partial charge >= 0.3 is 5.97 Å². The summed E-state index contributed by atoms with van der Waals surface area (Å²) in [7, 11) is 0. The number of aliphatic carboxylic acids is 1. The number of halogens is 1. The molecule has 0 saturated heterocycles. The van der Waals surface area contributed by atoms with Gasteiger partial charge in [-0.3, -0.25) is 4.79 Å². The zero-order valence-electron chi connectivity index (χ0n) is 7.38. The molecule has 0 aliphatic rings. The quantitative estimate of drug-likeness (QED) is 0.886. The maximum absolute atomic E-state index is 10.4. The lowest BCUT2D eigenvalue weighted by atomic mass is 10.0. The molecule has 0 spiro atoms. The third-order valence-electron chi connectivity index (χ3n) is 1.94. The predicted octanol–water partition coefficient (Wildman–Crippen LogP) is 2.77. The largest absolute Gasteiger partial charge is 0.481 e. The predicted molar refractivity (Wildman–Crippen MR) is 54.8 cm³/mol. The maximum Gasteiger partial charge on any atom is 0.303 e. The first-order chi connectivity index (χ1) is 6.11. The summed E-state index contributed by atoms with van der Waals surface area (Å²) in [6, 6.07) is 5.87. The van der Waals surface area contributed by atoms with Crippen molar-refractivity contribution in [3.63, 3.8) is 0 Å². The highest BCUT2D eigenvalue weighted by molar-refractivity contribution is 9.10. The van der Waals surface area contributed by atoms with Crippen LogP contribution in [0, 0.1) is 6.92 Å². The number of carboxylic acids is 1. The lowest BCUT2D eigenvalue weighted by Crippen LogP contribution is -1.99. The highest BCUT2D eigenvalue weighted by atomic mass is 79.9. The highest BCUT2D eigenvalue weighted by Gasteiger charge is 2.05. The number of benzene rings is 1. The standard InChI is InChI=1S/C10H11BrO2/c1-7-3-2-4-9(11)8(7)5-6-10(12)13/h2-4H,5-6H2,1H3,(H,12,13). The van der Waals surface area contributed by atoms with Crippen LogP contribution >= 0.6 is 15.9 Å². The molecular formula is C10H11BrO2. The Bertz CT molecular complexity index is 300. The summed E-state index contributed by atoms with van der Waals surface area (Å²) in [6.07, 6.45) is 0.770. The van der Waals surface area contributed by atoms with Gasteiger partial charge in [-0.1, -0.05) is 28.1 Å². The van der Waals surface area contributed by atoms with Crippen LogP contribution in [0.15, 0.2) is 22.7 Å². The summed E-state index contributed by atoms with van der Waals surface area (Å²) in [4.78, 5) is 10.4. The summed E-state index contributed by atoms with van der Waals surface area (Å²) in [5.74, 6) is -0.754. The van der Waals surface area contributed by atoms with Crippen LogP contribution in [0.2, 0.25) is 0 Å². The van der Waals surface area contributed by atoms with Gasteiger partial charge < -0.3 is 5.11 Å². The van der Waals surface area contributed by atoms with Crippen LogP contribution in [0.1, 0.15) is 17.5 Å². The number of hydrogen-bond acceptors (Lipinski definition) is 1. The van der Waals surface area contributed by atoms with E-state index in [9.17, 15) is 4.79 Å². The monoisotopic (exact) mass is 242 g/mol. The average molecular weight is 243 g/mol. The third-order valence-corrected chi connectivity index (χ3v) is 2.68. The minimum absolute atomic E-state index is 0.184. The van der Waals surface area contributed by atoms with Gasteiger partial charge in [-0.05, 0) is 30.5 Å². The fourth-order valence-corrected chi connectivity index (χ4v) is 1.88. The molecule has 0 bridgehead atoms. The molecule has 0 aliphatic carbocycles. The second-order valence-corrected chi connectivity index (χ2v) is 3.78. The van der Waals surface area contributed by atoms with E-state index in [-0.39, 0.29) is 6.42 Å². The molecule has 1 N–H and O–H groups in total. The Morgan fingerprint density at radius 3 is 2.77 bits per heavy atom. The van der Waals surface area contributed by atoms with E-state index in [2.05, 4.69) is 15.9 Å². The van der Waals surface area contributed by atoms with Gasteiger partial charge in [0, 0.05) is 10.9 Å². The van der Waals surface area contributed by atoms with Crippen molar-refractivity contribution < 1.29 is 9.90 Å². The van der Waals surface area contributed by atoms with Crippen LogP contribution in [-0.2, 0) is 11.2 Å². The number of rotatable bonds is 3. The van der Waals surface area contributed by atoms with Gasteiger partial charge in [0.1, 0.15) is 0 Å². The Kier molecular flexibility index (Phi) is 3.48. The number of hydrogen-bond donors (Lipinski definition) is 1. The van der Waals surface area contributed by atoms with Gasteiger partial charge in [-0.15, -0.1) is 0 Å². The molecule has 13 heavy (non-hydrogen) atoms. The molecule has 0 unspecified atom stereocenters. The number of aryl methyl sites for hydroxylation is 1. The van der Waals surface area contributed by atoms with Gasteiger partial charge in [-0.25, -0.2) is 0 Å². The third kappa shape index (κ3) is 2.84. The van der Waals surface area contributed by atoms with E-state index in [0.29, 0.717) is 6.42 Å². The van der Waals surface area contributed by atoms with E-state index in [0.717, 1.165) is 15.6 Å². The molecule has 1 rings (SSSR count). The highest BCUT2D eigenvalue weighted by Crippen LogP contribution is 2.21. The normalized spacial score (nSPS) is 10.0. The second kappa shape index (κ2) is 4.42. The van der Waals surface area contributed by atoms with E-state index in [1.54, 1.807) is 0 Å². The molecule has 3 heteroatoms. The van der Waals surface area contributed by atoms with Gasteiger partial charge in [0.25, 0.3) is 0 Å². The molecule has 1 aromatic rings. The topological polar surface area (TPSA) is 37.3 Å². The maximum atomic E-state index is 10.4. The van der Waals surface area contributed by atoms with E-state index in [4.69, 9.17) is 5.11 Å². The van der Waals surface area contributed by atoms with Crippen molar-refractivity contribution in [2.75, 3.05) is 0 Å². The SMILES string of the molecule is Cc1cccc(Br)c1CCC(=O)O. The molecule has 0 radical (unpaired) electrons. The van der Waals surface area contributed by atoms with E-state index < -0.39 is 5.97 Å². The Labute approximate surface area is 85.7 Å². The molecule has 1 aromatic carbocycles. The van der Waals surface area contributed by atoms with Crippen molar-refractivity contribution in [2.24, 2.45) is 0 Å². The molecule has 0 saturated carbocycles. The Balaban J connectivity index is 2.81. The van der Waals surface area contributed by atoms with Crippen molar-refractivity contribution in [2.45, 2.75) is 19.8 Å². The molecule has 2 nitrogen and oxygen atoms in total. The molecule has 0 fully saturated rings. The van der Waals surface area contributed by atoms with E-state index in [1.165, 1.54) is 0 Å². The molecular weight excluding hydrogens is 232 g/mol. The van der Waals surface area contributed by atoms with Crippen molar-refractivity contribution in [3.8, 4) is 0 Å². The summed E-state index contributed by atoms with van der Waals surface area (Å²) in [6.45, 7) is 1.99. The first-order valence-electron chi connectivity index (χ1n) is 4.07. The fraction of sp³-hybridized carbons (Fsp3) is 0.300. The van der Waals surface area contributed by atoms with Crippen LogP contribution in [0.4, 0.5) is 0 Å². The first-order valence-corrected chi connectivity index (χ1v) is 4.86. The molecule has 0 aromatic heterocycles. The molecule has 70 valence electrons. The summed E-state index contributed by atoms with van der Waals surface area (Å²) in [5, 5.41) is 8.54. The molecule has 0 atom stereocenters. The lowest BCUT2D eigenvalue weighted by Gasteiger charge is -2.05. The Morgan fingerprint density at radius 2 is 2.23 bits per heavy atom. The van der Waals surface area contributed by atoms with Crippen LogP contribution in [0.3, 0.4) is 0 Å². The van der Waals surface area contributed by atoms with Gasteiger partial charge in [0.05, 0.1) is 0 Å². The molecule has 0 aliphatic heterocycles. The minimum Gasteiger partial charge on any atom is -0.481 e. The zero-order chi connectivity index (χ0) is 9.84. The summed E-state index contributed by atoms with van der Waals surface area (Å²) >= 11 is 3.40. The summed E-state index contributed by atoms with van der Waals surface area (Å²) in [5.41, 5.74) is 2.22. The second-order valence-electron chi connectivity index (χ2n) is 2.93. The minimum atomic E-state index is -0.754. The average Bonchev–Trinajstić information content (AvgIpc) is 2.03. The first kappa shape index (κ1) is 10.3. The van der Waals surface area contributed by atoms with Gasteiger partial charge in [0.2, 0.25) is 0 Å². The van der Waals surface area contributed by atoms with Gasteiger partial charge in [0.15, 0.2) is 0 Å². The van der Waals surface area contributed by atoms with Crippen molar-refractivity contribution >= 4 is 21.9 Å². The Morgan fingerprint density at radius 1 is 1.54 bits per heavy atom. The van der Waals surface area contributed by atoms with Crippen molar-refractivity contribution in [1.82, 2.24) is 0 Å². The number of carbonyl (C=O) groups is 1. The number of carboxylic acid groups (broad SMARTS) is 1. The van der Waals surface area contributed by atoms with Gasteiger partial charge in [-0.2, -0.15) is 0 Å². The Hall–Kier alpha value is -0.830. The molecule has 0 amide bonds. The molecule has 0 heterocycles. The van der Waals surface area contributed by atoms with Crippen LogP contribution in [-0.4, -0.2) is 11.1 Å². The van der Waals surface area contributed by atoms with E-state index >= 15 is 0 Å². The van der Waals surface area contributed by atoms with Crippen LogP contribution in [0.25, 0.3) is 0 Å². The van der Waals surface area contributed by atoms with Crippen molar-refractivity contribution in [1.29, 1.82) is 0 Å². The van der Waals surface area contributed by atoms with Crippen LogP contribution < -0.4 is 0 Å². The zero-order valence-corrected chi connectivity index (χ0v) is 8.97. The summed E-state index contributed by atoms with van der Waals surface area (Å²) < 4.78 is 0.994. The smallest absolute Gasteiger partial charge is 0.303 e. The van der Waals surface area contributed by atoms with Crippen molar-refractivity contribution in [3.05, 3.63) is 33.8 Å². The fourth-order valence-electron chi connectivity index (χ4n) is 1.21. The van der Waals surface area contributed by atoms with Crippen LogP contribution in [0.5, 0.6) is 0 Å². The van der Waals surface area contributed by atoms with E-state index in [1.807, 2.05) is 25.1 Å².